The third kappa shape index (κ3) is 4.45. The molecule has 1 aliphatic heterocycles. The Balaban J connectivity index is 1.25. The van der Waals surface area contributed by atoms with Gasteiger partial charge in [0.1, 0.15) is 12.1 Å². The van der Waals surface area contributed by atoms with Gasteiger partial charge in [-0.2, -0.15) is 4.68 Å². The topological polar surface area (TPSA) is 89.3 Å². The van der Waals surface area contributed by atoms with Gasteiger partial charge in [0.05, 0.1) is 5.69 Å². The maximum atomic E-state index is 12.6. The number of ether oxygens (including phenoxy) is 1. The van der Waals surface area contributed by atoms with Crippen molar-refractivity contribution in [3.63, 3.8) is 0 Å². The zero-order valence-corrected chi connectivity index (χ0v) is 18.8. The van der Waals surface area contributed by atoms with Crippen LogP contribution in [0, 0.1) is 6.92 Å². The van der Waals surface area contributed by atoms with Gasteiger partial charge in [-0.25, -0.2) is 9.97 Å². The summed E-state index contributed by atoms with van der Waals surface area (Å²) in [5, 5.41) is 9.28. The van der Waals surface area contributed by atoms with Crippen LogP contribution in [0.3, 0.4) is 0 Å². The van der Waals surface area contributed by atoms with Crippen molar-refractivity contribution in [3.8, 4) is 11.4 Å². The van der Waals surface area contributed by atoms with Crippen molar-refractivity contribution in [2.45, 2.75) is 6.92 Å². The number of fused-ring (bicyclic) bond motifs is 1. The van der Waals surface area contributed by atoms with Crippen molar-refractivity contribution >= 4 is 34.5 Å². The van der Waals surface area contributed by atoms with Crippen LogP contribution in [0.25, 0.3) is 16.9 Å². The number of benzene rings is 2. The highest BCUT2D eigenvalue weighted by Crippen LogP contribution is 2.24. The van der Waals surface area contributed by atoms with Gasteiger partial charge in [-0.15, -0.1) is 5.10 Å². The molecule has 1 aliphatic rings. The Morgan fingerprint density at radius 1 is 1.00 bits per heavy atom. The van der Waals surface area contributed by atoms with E-state index in [-0.39, 0.29) is 12.5 Å². The first-order valence-corrected chi connectivity index (χ1v) is 11.0. The minimum absolute atomic E-state index is 0.00966. The fraction of sp³-hybridized carbons (Fsp3) is 0.261. The molecular formula is C23H22ClN7O2. The van der Waals surface area contributed by atoms with Crippen molar-refractivity contribution < 1.29 is 9.53 Å². The van der Waals surface area contributed by atoms with Crippen LogP contribution in [0.15, 0.2) is 54.9 Å². The Morgan fingerprint density at radius 3 is 2.45 bits per heavy atom. The highest BCUT2D eigenvalue weighted by atomic mass is 35.5. The Morgan fingerprint density at radius 2 is 1.73 bits per heavy atom. The summed E-state index contributed by atoms with van der Waals surface area (Å²) in [6.07, 6.45) is 1.53. The first-order chi connectivity index (χ1) is 16.1. The summed E-state index contributed by atoms with van der Waals surface area (Å²) >= 11 is 5.88. The zero-order valence-electron chi connectivity index (χ0n) is 18.1. The molecule has 5 rings (SSSR count). The van der Waals surface area contributed by atoms with E-state index in [1.165, 1.54) is 11.9 Å². The van der Waals surface area contributed by atoms with E-state index in [4.69, 9.17) is 16.3 Å². The summed E-state index contributed by atoms with van der Waals surface area (Å²) in [6, 6.07) is 15.0. The van der Waals surface area contributed by atoms with Gasteiger partial charge in [0, 0.05) is 31.2 Å². The Hall–Kier alpha value is -3.72. The van der Waals surface area contributed by atoms with Crippen LogP contribution >= 0.6 is 11.6 Å². The minimum Gasteiger partial charge on any atom is -0.484 e. The number of carbonyl (C=O) groups is 1. The number of amides is 1. The van der Waals surface area contributed by atoms with Crippen LogP contribution < -0.4 is 9.64 Å². The van der Waals surface area contributed by atoms with E-state index < -0.39 is 0 Å². The molecule has 33 heavy (non-hydrogen) atoms. The van der Waals surface area contributed by atoms with Crippen molar-refractivity contribution in [2.75, 3.05) is 37.7 Å². The van der Waals surface area contributed by atoms with Gasteiger partial charge in [0.15, 0.2) is 23.6 Å². The van der Waals surface area contributed by atoms with Gasteiger partial charge in [0.25, 0.3) is 5.91 Å². The molecule has 10 heteroatoms. The monoisotopic (exact) mass is 463 g/mol. The summed E-state index contributed by atoms with van der Waals surface area (Å²) in [5.74, 6) is 1.29. The number of halogens is 1. The molecule has 0 unspecified atom stereocenters. The molecule has 1 fully saturated rings. The molecule has 2 aromatic heterocycles. The third-order valence-electron chi connectivity index (χ3n) is 5.60. The van der Waals surface area contributed by atoms with Crippen LogP contribution in [-0.4, -0.2) is 68.6 Å². The van der Waals surface area contributed by atoms with Gasteiger partial charge >= 0.3 is 0 Å². The fourth-order valence-corrected chi connectivity index (χ4v) is 3.89. The summed E-state index contributed by atoms with van der Waals surface area (Å²) in [4.78, 5) is 25.4. The first kappa shape index (κ1) is 21.1. The predicted octanol–water partition coefficient (Wildman–Crippen LogP) is 2.90. The molecule has 4 aromatic rings. The SMILES string of the molecule is Cc1ccc(-n2nnc3c(N4CCN(C(=O)COc5ccc(Cl)cc5)CC4)ncnc32)cc1. The van der Waals surface area contributed by atoms with Crippen LogP contribution in [0.2, 0.25) is 5.02 Å². The lowest BCUT2D eigenvalue weighted by Gasteiger charge is -2.35. The van der Waals surface area contributed by atoms with Crippen LogP contribution in [0.4, 0.5) is 5.82 Å². The molecular weight excluding hydrogens is 442 g/mol. The van der Waals surface area contributed by atoms with Gasteiger partial charge < -0.3 is 14.5 Å². The van der Waals surface area contributed by atoms with E-state index in [0.717, 1.165) is 11.5 Å². The Kier molecular flexibility index (Phi) is 5.78. The largest absolute Gasteiger partial charge is 0.484 e. The average Bonchev–Trinajstić information content (AvgIpc) is 3.28. The minimum atomic E-state index is -0.0530. The molecule has 1 saturated heterocycles. The molecule has 0 atom stereocenters. The molecule has 0 saturated carbocycles. The Bertz CT molecular complexity index is 1270. The highest BCUT2D eigenvalue weighted by Gasteiger charge is 2.25. The van der Waals surface area contributed by atoms with Crippen LogP contribution in [-0.2, 0) is 4.79 Å². The number of anilines is 1. The second-order valence-corrected chi connectivity index (χ2v) is 8.25. The summed E-state index contributed by atoms with van der Waals surface area (Å²) in [7, 11) is 0. The standard InChI is InChI=1S/C23H22ClN7O2/c1-16-2-6-18(7-3-16)31-23-21(27-28-31)22(25-15-26-23)30-12-10-29(11-13-30)20(32)14-33-19-8-4-17(24)5-9-19/h2-9,15H,10-14H2,1H3. The van der Waals surface area contributed by atoms with Crippen LogP contribution in [0.1, 0.15) is 5.56 Å². The molecule has 168 valence electrons. The summed E-state index contributed by atoms with van der Waals surface area (Å²) in [6.45, 7) is 4.44. The second-order valence-electron chi connectivity index (χ2n) is 7.82. The van der Waals surface area contributed by atoms with Gasteiger partial charge in [-0.1, -0.05) is 34.5 Å². The van der Waals surface area contributed by atoms with E-state index in [2.05, 4.69) is 25.2 Å². The second kappa shape index (κ2) is 9.03. The zero-order chi connectivity index (χ0) is 22.8. The van der Waals surface area contributed by atoms with Crippen molar-refractivity contribution in [3.05, 3.63) is 65.4 Å². The number of carbonyl (C=O) groups excluding carboxylic acids is 1. The highest BCUT2D eigenvalue weighted by molar-refractivity contribution is 6.30. The predicted molar refractivity (Wildman–Crippen MR) is 125 cm³/mol. The smallest absolute Gasteiger partial charge is 0.260 e. The maximum absolute atomic E-state index is 12.6. The normalized spacial score (nSPS) is 14.0. The third-order valence-corrected chi connectivity index (χ3v) is 5.86. The molecule has 0 spiro atoms. The molecule has 9 nitrogen and oxygen atoms in total. The number of piperazine rings is 1. The van der Waals surface area contributed by atoms with Gasteiger partial charge in [-0.05, 0) is 43.3 Å². The van der Waals surface area contributed by atoms with E-state index >= 15 is 0 Å². The average molecular weight is 464 g/mol. The quantitative estimate of drug-likeness (QED) is 0.449. The fourth-order valence-electron chi connectivity index (χ4n) is 3.76. The van der Waals surface area contributed by atoms with Crippen molar-refractivity contribution in [1.29, 1.82) is 0 Å². The number of hydrogen-bond acceptors (Lipinski definition) is 7. The molecule has 0 N–H and O–H groups in total. The molecule has 2 aromatic carbocycles. The summed E-state index contributed by atoms with van der Waals surface area (Å²) < 4.78 is 7.31. The lowest BCUT2D eigenvalue weighted by molar-refractivity contribution is -0.133. The van der Waals surface area contributed by atoms with Gasteiger partial charge in [0.2, 0.25) is 0 Å². The lowest BCUT2D eigenvalue weighted by atomic mass is 10.2. The molecule has 1 amide bonds. The molecule has 0 bridgehead atoms. The number of aromatic nitrogens is 5. The van der Waals surface area contributed by atoms with Crippen LogP contribution in [0.5, 0.6) is 5.75 Å². The number of aryl methyl sites for hydroxylation is 1. The molecule has 0 aliphatic carbocycles. The summed E-state index contributed by atoms with van der Waals surface area (Å²) in [5.41, 5.74) is 3.36. The number of nitrogens with zero attached hydrogens (tertiary/aromatic N) is 7. The van der Waals surface area contributed by atoms with Crippen molar-refractivity contribution in [1.82, 2.24) is 29.9 Å². The molecule has 0 radical (unpaired) electrons. The van der Waals surface area contributed by atoms with E-state index in [1.807, 2.05) is 31.2 Å². The van der Waals surface area contributed by atoms with E-state index in [0.29, 0.717) is 48.1 Å². The molecule has 3 heterocycles. The van der Waals surface area contributed by atoms with Crippen molar-refractivity contribution in [2.24, 2.45) is 0 Å². The van der Waals surface area contributed by atoms with Gasteiger partial charge in [-0.3, -0.25) is 4.79 Å². The number of hydrogen-bond donors (Lipinski definition) is 0. The maximum Gasteiger partial charge on any atom is 0.260 e. The van der Waals surface area contributed by atoms with E-state index in [9.17, 15) is 4.79 Å². The Labute approximate surface area is 195 Å². The number of rotatable bonds is 5. The van der Waals surface area contributed by atoms with E-state index in [1.54, 1.807) is 33.8 Å². The lowest BCUT2D eigenvalue weighted by Crippen LogP contribution is -2.50. The first-order valence-electron chi connectivity index (χ1n) is 10.6.